The van der Waals surface area contributed by atoms with Crippen LogP contribution in [0, 0.1) is 6.92 Å². The first kappa shape index (κ1) is 15.3. The molecule has 0 atom stereocenters. The van der Waals surface area contributed by atoms with Gasteiger partial charge in [0.05, 0.1) is 11.2 Å². The molecule has 0 fully saturated rings. The van der Waals surface area contributed by atoms with Crippen LogP contribution in [0.5, 0.6) is 0 Å². The molecule has 0 spiro atoms. The molecule has 28 heavy (non-hydrogen) atoms. The molecule has 0 aliphatic heterocycles. The zero-order chi connectivity index (χ0) is 18.7. The molecule has 6 rings (SSSR count). The van der Waals surface area contributed by atoms with Crippen molar-refractivity contribution in [2.24, 2.45) is 0 Å². The topological polar surface area (TPSA) is 38.9 Å². The second-order valence-corrected chi connectivity index (χ2v) is 7.19. The number of hydrogen-bond acceptors (Lipinski definition) is 3. The fourth-order valence-corrected chi connectivity index (χ4v) is 4.11. The Bertz CT molecular complexity index is 1530. The Balaban J connectivity index is 1.73. The minimum Gasteiger partial charge on any atom is -0.455 e. The van der Waals surface area contributed by atoms with E-state index in [4.69, 9.17) is 4.42 Å². The third kappa shape index (κ3) is 2.10. The van der Waals surface area contributed by atoms with Crippen LogP contribution >= 0.6 is 0 Å². The highest BCUT2D eigenvalue weighted by Crippen LogP contribution is 2.38. The van der Waals surface area contributed by atoms with Crippen molar-refractivity contribution in [3.63, 3.8) is 0 Å². The maximum Gasteiger partial charge on any atom is 0.144 e. The van der Waals surface area contributed by atoms with Gasteiger partial charge in [0.1, 0.15) is 17.5 Å². The lowest BCUT2D eigenvalue weighted by Gasteiger charge is -2.08. The zero-order valence-electron chi connectivity index (χ0n) is 15.3. The number of benzene rings is 4. The number of nitrogens with zero attached hydrogens (tertiary/aromatic N) is 2. The predicted octanol–water partition coefficient (Wildman–Crippen LogP) is 6.66. The largest absolute Gasteiger partial charge is 0.455 e. The summed E-state index contributed by atoms with van der Waals surface area (Å²) in [5, 5.41) is 5.59. The Hall–Kier alpha value is -3.72. The molecule has 3 heteroatoms. The summed E-state index contributed by atoms with van der Waals surface area (Å²) in [6.07, 6.45) is 1.65. The highest BCUT2D eigenvalue weighted by molar-refractivity contribution is 6.14. The average molecular weight is 360 g/mol. The summed E-state index contributed by atoms with van der Waals surface area (Å²) in [5.74, 6) is 0. The molecule has 0 saturated heterocycles. The molecular formula is C25H16N2O. The molecule has 0 aliphatic carbocycles. The predicted molar refractivity (Wildman–Crippen MR) is 114 cm³/mol. The van der Waals surface area contributed by atoms with Crippen molar-refractivity contribution in [3.8, 4) is 11.3 Å². The van der Waals surface area contributed by atoms with E-state index in [9.17, 15) is 0 Å². The van der Waals surface area contributed by atoms with Crippen LogP contribution in [0.4, 0.5) is 0 Å². The van der Waals surface area contributed by atoms with Gasteiger partial charge < -0.3 is 4.42 Å². The molecule has 2 heterocycles. The van der Waals surface area contributed by atoms with E-state index in [-0.39, 0.29) is 0 Å². The third-order valence-electron chi connectivity index (χ3n) is 5.44. The third-order valence-corrected chi connectivity index (χ3v) is 5.44. The fourth-order valence-electron chi connectivity index (χ4n) is 4.11. The minimum absolute atomic E-state index is 0.872. The van der Waals surface area contributed by atoms with E-state index in [1.165, 1.54) is 10.9 Å². The molecule has 0 saturated carbocycles. The molecule has 0 amide bonds. The number of hydrogen-bond donors (Lipinski definition) is 0. The van der Waals surface area contributed by atoms with Gasteiger partial charge in [-0.2, -0.15) is 0 Å². The fraction of sp³-hybridized carbons (Fsp3) is 0.0400. The molecule has 6 aromatic rings. The molecule has 2 aromatic heterocycles. The van der Waals surface area contributed by atoms with Gasteiger partial charge in [-0.15, -0.1) is 0 Å². The molecule has 0 bridgehead atoms. The summed E-state index contributed by atoms with van der Waals surface area (Å²) in [4.78, 5) is 9.24. The van der Waals surface area contributed by atoms with Crippen molar-refractivity contribution in [1.29, 1.82) is 0 Å². The summed E-state index contributed by atoms with van der Waals surface area (Å²) in [6.45, 7) is 2.08. The van der Waals surface area contributed by atoms with Gasteiger partial charge in [0.25, 0.3) is 0 Å². The Kier molecular flexibility index (Phi) is 3.09. The standard InChI is InChI=1S/C25H16N2O/c1-15-9-11-18-19-7-4-8-21(25(19)28-22(18)13-15)24-20-12-10-16-5-2-3-6-17(16)23(20)26-14-27-24/h2-14H,1H3. The Morgan fingerprint density at radius 3 is 2.54 bits per heavy atom. The number of furan rings is 1. The second kappa shape index (κ2) is 5.64. The molecular weight excluding hydrogens is 344 g/mol. The van der Waals surface area contributed by atoms with Gasteiger partial charge in [0.2, 0.25) is 0 Å². The van der Waals surface area contributed by atoms with Crippen molar-refractivity contribution < 1.29 is 4.42 Å². The van der Waals surface area contributed by atoms with Crippen molar-refractivity contribution in [2.45, 2.75) is 6.92 Å². The number of rotatable bonds is 1. The molecule has 4 aromatic carbocycles. The van der Waals surface area contributed by atoms with Crippen LogP contribution in [0.15, 0.2) is 83.5 Å². The zero-order valence-corrected chi connectivity index (χ0v) is 15.3. The van der Waals surface area contributed by atoms with E-state index < -0.39 is 0 Å². The maximum atomic E-state index is 6.29. The van der Waals surface area contributed by atoms with Crippen molar-refractivity contribution in [3.05, 3.63) is 84.7 Å². The van der Waals surface area contributed by atoms with Crippen LogP contribution in [0.1, 0.15) is 5.56 Å². The quantitative estimate of drug-likeness (QED) is 0.308. The average Bonchev–Trinajstić information content (AvgIpc) is 3.10. The Morgan fingerprint density at radius 2 is 1.57 bits per heavy atom. The van der Waals surface area contributed by atoms with Crippen molar-refractivity contribution in [1.82, 2.24) is 9.97 Å². The van der Waals surface area contributed by atoms with Gasteiger partial charge in [-0.25, -0.2) is 9.97 Å². The van der Waals surface area contributed by atoms with Crippen LogP contribution in [0.3, 0.4) is 0 Å². The number of aromatic nitrogens is 2. The van der Waals surface area contributed by atoms with Gasteiger partial charge in [-0.05, 0) is 36.1 Å². The smallest absolute Gasteiger partial charge is 0.144 e. The van der Waals surface area contributed by atoms with Crippen LogP contribution in [0.25, 0.3) is 54.9 Å². The van der Waals surface area contributed by atoms with Crippen LogP contribution in [0.2, 0.25) is 0 Å². The molecule has 0 radical (unpaired) electrons. The monoisotopic (exact) mass is 360 g/mol. The minimum atomic E-state index is 0.872. The van der Waals surface area contributed by atoms with Gasteiger partial charge in [-0.1, -0.05) is 54.6 Å². The van der Waals surface area contributed by atoms with Crippen LogP contribution in [-0.4, -0.2) is 9.97 Å². The van der Waals surface area contributed by atoms with Crippen molar-refractivity contribution >= 4 is 43.6 Å². The van der Waals surface area contributed by atoms with E-state index in [0.717, 1.165) is 49.5 Å². The molecule has 3 nitrogen and oxygen atoms in total. The lowest BCUT2D eigenvalue weighted by molar-refractivity contribution is 0.669. The Labute approximate surface area is 161 Å². The van der Waals surface area contributed by atoms with Gasteiger partial charge >= 0.3 is 0 Å². The van der Waals surface area contributed by atoms with E-state index >= 15 is 0 Å². The van der Waals surface area contributed by atoms with E-state index in [1.54, 1.807) is 6.33 Å². The first-order chi connectivity index (χ1) is 13.8. The summed E-state index contributed by atoms with van der Waals surface area (Å²) < 4.78 is 6.29. The van der Waals surface area contributed by atoms with E-state index in [1.807, 2.05) is 12.1 Å². The SMILES string of the molecule is Cc1ccc2c(c1)oc1c(-c3ncnc4c3ccc3ccccc34)cccc12. The normalized spacial score (nSPS) is 11.8. The molecule has 0 aliphatic rings. The van der Waals surface area contributed by atoms with Gasteiger partial charge in [0, 0.05) is 27.1 Å². The number of para-hydroxylation sites is 1. The summed E-state index contributed by atoms with van der Waals surface area (Å²) in [7, 11) is 0. The lowest BCUT2D eigenvalue weighted by Crippen LogP contribution is -1.90. The highest BCUT2D eigenvalue weighted by atomic mass is 16.3. The van der Waals surface area contributed by atoms with Crippen LogP contribution < -0.4 is 0 Å². The first-order valence-electron chi connectivity index (χ1n) is 9.34. The number of aryl methyl sites for hydroxylation is 1. The van der Waals surface area contributed by atoms with Crippen molar-refractivity contribution in [2.75, 3.05) is 0 Å². The number of fused-ring (bicyclic) bond motifs is 6. The summed E-state index contributed by atoms with van der Waals surface area (Å²) in [5.41, 5.74) is 5.83. The van der Waals surface area contributed by atoms with E-state index in [0.29, 0.717) is 0 Å². The lowest BCUT2D eigenvalue weighted by atomic mass is 10.0. The maximum absolute atomic E-state index is 6.29. The molecule has 0 N–H and O–H groups in total. The van der Waals surface area contributed by atoms with Crippen LogP contribution in [-0.2, 0) is 0 Å². The Morgan fingerprint density at radius 1 is 0.714 bits per heavy atom. The molecule has 0 unspecified atom stereocenters. The second-order valence-electron chi connectivity index (χ2n) is 7.19. The highest BCUT2D eigenvalue weighted by Gasteiger charge is 2.16. The summed E-state index contributed by atoms with van der Waals surface area (Å²) >= 11 is 0. The van der Waals surface area contributed by atoms with Gasteiger partial charge in [-0.3, -0.25) is 0 Å². The summed E-state index contributed by atoms with van der Waals surface area (Å²) in [6, 6.07) is 25.2. The van der Waals surface area contributed by atoms with E-state index in [2.05, 4.69) is 77.6 Å². The van der Waals surface area contributed by atoms with Gasteiger partial charge in [0.15, 0.2) is 0 Å². The first-order valence-corrected chi connectivity index (χ1v) is 9.34. The molecule has 132 valence electrons.